The number of hydrogen-bond donors (Lipinski definition) is 7. The first-order valence-corrected chi connectivity index (χ1v) is 14.7. The van der Waals surface area contributed by atoms with Gasteiger partial charge in [-0.05, 0) is 42.5 Å². The number of carboxylic acids is 1. The Morgan fingerprint density at radius 1 is 0.902 bits per heavy atom. The van der Waals surface area contributed by atoms with Crippen molar-refractivity contribution in [2.24, 2.45) is 5.73 Å². The number of nitrogens with one attached hydrogen (secondary N) is 4. The number of aliphatic carboxylic acids is 1. The third-order valence-corrected chi connectivity index (χ3v) is 7.31. The lowest BCUT2D eigenvalue weighted by Crippen LogP contribution is -2.59. The first kappa shape index (κ1) is 31.7. The first-order chi connectivity index (χ1) is 19.6. The number of aromatic nitrogens is 1. The molecule has 5 atom stereocenters. The molecule has 3 aromatic rings. The van der Waals surface area contributed by atoms with Gasteiger partial charge in [-0.2, -0.15) is 11.8 Å². The van der Waals surface area contributed by atoms with Crippen LogP contribution in [0.25, 0.3) is 10.9 Å². The molecule has 5 unspecified atom stereocenters. The summed E-state index contributed by atoms with van der Waals surface area (Å²) in [6, 6.07) is 11.8. The van der Waals surface area contributed by atoms with Crippen molar-refractivity contribution in [1.29, 1.82) is 0 Å². The van der Waals surface area contributed by atoms with Crippen LogP contribution in [0.15, 0.2) is 60.8 Å². The number of para-hydroxylation sites is 1. The molecule has 8 N–H and O–H groups in total. The number of benzene rings is 2. The molecular formula is C29H37N5O6S. The van der Waals surface area contributed by atoms with Gasteiger partial charge in [-0.1, -0.05) is 48.5 Å². The van der Waals surface area contributed by atoms with Crippen LogP contribution in [0.2, 0.25) is 0 Å². The van der Waals surface area contributed by atoms with E-state index in [9.17, 15) is 29.4 Å². The molecule has 1 heterocycles. The normalized spacial score (nSPS) is 14.8. The van der Waals surface area contributed by atoms with Gasteiger partial charge in [-0.3, -0.25) is 14.4 Å². The predicted molar refractivity (Wildman–Crippen MR) is 158 cm³/mol. The lowest BCUT2D eigenvalue weighted by molar-refractivity contribution is -0.145. The van der Waals surface area contributed by atoms with E-state index in [1.807, 2.05) is 60.9 Å². The number of carbonyl (C=O) groups excluding carboxylic acids is 3. The van der Waals surface area contributed by atoms with Crippen LogP contribution in [0.1, 0.15) is 24.5 Å². The number of hydrogen-bond acceptors (Lipinski definition) is 7. The van der Waals surface area contributed by atoms with Gasteiger partial charge in [0.15, 0.2) is 6.04 Å². The lowest BCUT2D eigenvalue weighted by atomic mass is 10.0. The lowest BCUT2D eigenvalue weighted by Gasteiger charge is -2.26. The Balaban J connectivity index is 1.88. The highest BCUT2D eigenvalue weighted by molar-refractivity contribution is 7.98. The molecule has 0 radical (unpaired) electrons. The van der Waals surface area contributed by atoms with Gasteiger partial charge >= 0.3 is 5.97 Å². The van der Waals surface area contributed by atoms with Crippen molar-refractivity contribution < 1.29 is 29.4 Å². The zero-order chi connectivity index (χ0) is 29.9. The van der Waals surface area contributed by atoms with E-state index in [0.717, 1.165) is 16.5 Å². The number of nitrogens with two attached hydrogens (primary N) is 1. The molecule has 0 aliphatic carbocycles. The van der Waals surface area contributed by atoms with Crippen LogP contribution in [0, 0.1) is 0 Å². The van der Waals surface area contributed by atoms with E-state index < -0.39 is 54.0 Å². The summed E-state index contributed by atoms with van der Waals surface area (Å²) in [4.78, 5) is 54.7. The molecule has 3 amide bonds. The van der Waals surface area contributed by atoms with Crippen LogP contribution in [0.4, 0.5) is 0 Å². The summed E-state index contributed by atoms with van der Waals surface area (Å²) >= 11 is 1.55. The van der Waals surface area contributed by atoms with E-state index in [1.165, 1.54) is 6.92 Å². The van der Waals surface area contributed by atoms with Crippen molar-refractivity contribution in [3.63, 3.8) is 0 Å². The summed E-state index contributed by atoms with van der Waals surface area (Å²) in [6.45, 7) is 1.25. The van der Waals surface area contributed by atoms with Crippen LogP contribution >= 0.6 is 11.8 Å². The van der Waals surface area contributed by atoms with Crippen molar-refractivity contribution >= 4 is 46.4 Å². The van der Waals surface area contributed by atoms with Crippen LogP contribution < -0.4 is 21.7 Å². The van der Waals surface area contributed by atoms with Crippen LogP contribution in [0.5, 0.6) is 0 Å². The largest absolute Gasteiger partial charge is 0.480 e. The number of fused-ring (bicyclic) bond motifs is 1. The third-order valence-electron chi connectivity index (χ3n) is 6.66. The maximum atomic E-state index is 13.7. The first-order valence-electron chi connectivity index (χ1n) is 13.3. The molecule has 220 valence electrons. The molecule has 11 nitrogen and oxygen atoms in total. The minimum atomic E-state index is -1.58. The molecular weight excluding hydrogens is 546 g/mol. The highest BCUT2D eigenvalue weighted by Crippen LogP contribution is 2.19. The van der Waals surface area contributed by atoms with Crippen LogP contribution in [-0.4, -0.2) is 81.2 Å². The zero-order valence-corrected chi connectivity index (χ0v) is 23.8. The standard InChI is InChI=1S/C29H37N5O6S/c1-17(35)25(29(39)40)34-28(38)24(15-19-16-31-22-11-7-6-10-20(19)22)33-27(37)23(14-18-8-4-3-5-9-18)32-26(36)21(30)12-13-41-2/h3-11,16-17,21,23-25,31,35H,12-15,30H2,1-2H3,(H,32,36)(H,33,37)(H,34,38)(H,39,40). The van der Waals surface area contributed by atoms with Gasteiger partial charge in [-0.15, -0.1) is 0 Å². The Kier molecular flexibility index (Phi) is 11.7. The summed E-state index contributed by atoms with van der Waals surface area (Å²) in [5, 5.41) is 28.0. The van der Waals surface area contributed by atoms with Gasteiger partial charge in [0, 0.05) is 29.9 Å². The zero-order valence-electron chi connectivity index (χ0n) is 23.0. The smallest absolute Gasteiger partial charge is 0.328 e. The topological polar surface area (TPSA) is 187 Å². The summed E-state index contributed by atoms with van der Waals surface area (Å²) < 4.78 is 0. The minimum Gasteiger partial charge on any atom is -0.480 e. The highest BCUT2D eigenvalue weighted by atomic mass is 32.2. The number of thioether (sulfide) groups is 1. The SMILES string of the molecule is CSCCC(N)C(=O)NC(Cc1ccccc1)C(=O)NC(Cc1c[nH]c2ccccc12)C(=O)NC(C(=O)O)C(C)O. The number of amides is 3. The Hall–Kier alpha value is -3.87. The van der Waals surface area contributed by atoms with E-state index in [2.05, 4.69) is 20.9 Å². The molecule has 0 aliphatic heterocycles. The average molecular weight is 584 g/mol. The Bertz CT molecular complexity index is 1330. The Morgan fingerprint density at radius 3 is 2.17 bits per heavy atom. The number of H-pyrrole nitrogens is 1. The van der Waals surface area contributed by atoms with Gasteiger partial charge in [0.2, 0.25) is 17.7 Å². The van der Waals surface area contributed by atoms with E-state index in [0.29, 0.717) is 17.7 Å². The summed E-state index contributed by atoms with van der Waals surface area (Å²) in [5.74, 6) is -2.67. The van der Waals surface area contributed by atoms with Crippen molar-refractivity contribution in [3.05, 3.63) is 71.9 Å². The summed E-state index contributed by atoms with van der Waals surface area (Å²) in [5.41, 5.74) is 8.37. The number of aromatic amines is 1. The molecule has 0 aliphatic rings. The second-order valence-corrected chi connectivity index (χ2v) is 10.8. The number of aliphatic hydroxyl groups excluding tert-OH is 1. The number of aliphatic hydroxyl groups is 1. The Morgan fingerprint density at radius 2 is 1.51 bits per heavy atom. The van der Waals surface area contributed by atoms with Crippen molar-refractivity contribution in [3.8, 4) is 0 Å². The van der Waals surface area contributed by atoms with Gasteiger partial charge in [0.1, 0.15) is 12.1 Å². The molecule has 0 spiro atoms. The minimum absolute atomic E-state index is 0.0208. The van der Waals surface area contributed by atoms with Crippen molar-refractivity contribution in [2.75, 3.05) is 12.0 Å². The fourth-order valence-electron chi connectivity index (χ4n) is 4.36. The fourth-order valence-corrected chi connectivity index (χ4v) is 4.85. The van der Waals surface area contributed by atoms with E-state index in [-0.39, 0.29) is 12.8 Å². The van der Waals surface area contributed by atoms with Gasteiger partial charge in [0.05, 0.1) is 12.1 Å². The molecule has 1 aromatic heterocycles. The van der Waals surface area contributed by atoms with E-state index in [4.69, 9.17) is 5.73 Å². The Labute approximate surface area is 242 Å². The fraction of sp³-hybridized carbons (Fsp3) is 0.379. The molecule has 2 aromatic carbocycles. The molecule has 12 heteroatoms. The van der Waals surface area contributed by atoms with Crippen molar-refractivity contribution in [1.82, 2.24) is 20.9 Å². The molecule has 0 saturated carbocycles. The van der Waals surface area contributed by atoms with Gasteiger partial charge in [0.25, 0.3) is 0 Å². The van der Waals surface area contributed by atoms with Gasteiger partial charge in [-0.25, -0.2) is 4.79 Å². The maximum absolute atomic E-state index is 13.7. The molecule has 0 fully saturated rings. The molecule has 3 rings (SSSR count). The molecule has 0 saturated heterocycles. The molecule has 0 bridgehead atoms. The van der Waals surface area contributed by atoms with Crippen LogP contribution in [0.3, 0.4) is 0 Å². The van der Waals surface area contributed by atoms with Crippen LogP contribution in [-0.2, 0) is 32.0 Å². The maximum Gasteiger partial charge on any atom is 0.328 e. The van der Waals surface area contributed by atoms with E-state index in [1.54, 1.807) is 18.0 Å². The summed E-state index contributed by atoms with van der Waals surface area (Å²) in [6.07, 6.45) is 2.83. The monoisotopic (exact) mass is 583 g/mol. The second-order valence-electron chi connectivity index (χ2n) is 9.83. The quantitative estimate of drug-likeness (QED) is 0.138. The number of carboxylic acid groups (broad SMARTS) is 1. The average Bonchev–Trinajstić information content (AvgIpc) is 3.36. The third kappa shape index (κ3) is 9.07. The number of carbonyl (C=O) groups is 4. The van der Waals surface area contributed by atoms with E-state index >= 15 is 0 Å². The van der Waals surface area contributed by atoms with Gasteiger partial charge < -0.3 is 36.9 Å². The highest BCUT2D eigenvalue weighted by Gasteiger charge is 2.32. The molecule has 41 heavy (non-hydrogen) atoms. The summed E-state index contributed by atoms with van der Waals surface area (Å²) in [7, 11) is 0. The predicted octanol–water partition coefficient (Wildman–Crippen LogP) is 0.953. The number of rotatable bonds is 15. The van der Waals surface area contributed by atoms with Crippen molar-refractivity contribution in [2.45, 2.75) is 56.5 Å². The second kappa shape index (κ2) is 15.2.